The van der Waals surface area contributed by atoms with E-state index in [1.807, 2.05) is 116 Å². The molecule has 47 heavy (non-hydrogen) atoms. The second kappa shape index (κ2) is 12.6. The molecule has 0 bridgehead atoms. The molecular formula is C38H64N2O7. The highest BCUT2D eigenvalue weighted by Gasteiger charge is 2.54. The molecule has 0 saturated carbocycles. The lowest BCUT2D eigenvalue weighted by Crippen LogP contribution is -2.61. The molecule has 3 N–H and O–H groups in total. The van der Waals surface area contributed by atoms with Gasteiger partial charge in [-0.2, -0.15) is 10.1 Å². The summed E-state index contributed by atoms with van der Waals surface area (Å²) in [7, 11) is 0. The number of esters is 2. The van der Waals surface area contributed by atoms with E-state index in [9.17, 15) is 25.1 Å². The molecule has 0 amide bonds. The van der Waals surface area contributed by atoms with Crippen molar-refractivity contribution in [1.82, 2.24) is 10.1 Å². The monoisotopic (exact) mass is 660 g/mol. The lowest BCUT2D eigenvalue weighted by atomic mass is 9.74. The molecule has 1 aromatic carbocycles. The average Bonchev–Trinajstić information content (AvgIpc) is 2.87. The SMILES string of the molecule is CCC(Cc1cc(C(C)(C)C)c(O)c(C(C)(C)C)c1)(C(=O)OC1CC(C)(C)N(O)C(C)(C)C1)C(=O)OC1CC(C)(C)N(O)C(C)(C)C1. The number of carbonyl (C=O) groups excluding carboxylic acids is 2. The van der Waals surface area contributed by atoms with Gasteiger partial charge in [-0.1, -0.05) is 60.6 Å². The van der Waals surface area contributed by atoms with E-state index >= 15 is 0 Å². The van der Waals surface area contributed by atoms with Crippen LogP contribution in [0.1, 0.15) is 153 Å². The Hall–Kier alpha value is -2.20. The average molecular weight is 661 g/mol. The topological polar surface area (TPSA) is 120 Å². The molecule has 2 fully saturated rings. The van der Waals surface area contributed by atoms with Gasteiger partial charge in [0.25, 0.3) is 0 Å². The third-order valence-electron chi connectivity index (χ3n) is 10.4. The van der Waals surface area contributed by atoms with Gasteiger partial charge < -0.3 is 25.0 Å². The molecule has 2 aliphatic rings. The van der Waals surface area contributed by atoms with E-state index in [-0.39, 0.29) is 18.6 Å². The van der Waals surface area contributed by atoms with Gasteiger partial charge in [0.1, 0.15) is 18.0 Å². The number of hydroxylamine groups is 4. The van der Waals surface area contributed by atoms with Gasteiger partial charge in [0.15, 0.2) is 5.41 Å². The van der Waals surface area contributed by atoms with Gasteiger partial charge in [0.05, 0.1) is 0 Å². The van der Waals surface area contributed by atoms with Gasteiger partial charge in [-0.05, 0) is 95.8 Å². The summed E-state index contributed by atoms with van der Waals surface area (Å²) in [5.41, 5.74) is -2.87. The van der Waals surface area contributed by atoms with Crippen LogP contribution in [0.25, 0.3) is 0 Å². The van der Waals surface area contributed by atoms with E-state index in [1.54, 1.807) is 0 Å². The first-order valence-electron chi connectivity index (χ1n) is 17.3. The number of piperidine rings is 2. The number of hydrogen-bond donors (Lipinski definition) is 3. The highest BCUT2D eigenvalue weighted by atomic mass is 16.6. The molecule has 0 aromatic heterocycles. The number of rotatable bonds is 7. The highest BCUT2D eigenvalue weighted by Crippen LogP contribution is 2.45. The Morgan fingerprint density at radius 3 is 1.26 bits per heavy atom. The summed E-state index contributed by atoms with van der Waals surface area (Å²) in [6.45, 7) is 29.3. The van der Waals surface area contributed by atoms with Crippen LogP contribution < -0.4 is 0 Å². The highest BCUT2D eigenvalue weighted by molar-refractivity contribution is 6.00. The maximum Gasteiger partial charge on any atom is 0.324 e. The predicted octanol–water partition coefficient (Wildman–Crippen LogP) is 7.83. The fourth-order valence-electron chi connectivity index (χ4n) is 7.98. The number of aromatic hydroxyl groups is 1. The van der Waals surface area contributed by atoms with Crippen LogP contribution in [-0.2, 0) is 36.3 Å². The van der Waals surface area contributed by atoms with Crippen molar-refractivity contribution in [1.29, 1.82) is 0 Å². The van der Waals surface area contributed by atoms with Crippen LogP contribution in [0.2, 0.25) is 0 Å². The largest absolute Gasteiger partial charge is 0.507 e. The van der Waals surface area contributed by atoms with Crippen molar-refractivity contribution in [2.75, 3.05) is 0 Å². The second-order valence-corrected chi connectivity index (χ2v) is 18.9. The van der Waals surface area contributed by atoms with E-state index in [0.717, 1.165) is 16.7 Å². The Bertz CT molecular complexity index is 1210. The zero-order valence-corrected chi connectivity index (χ0v) is 31.9. The van der Waals surface area contributed by atoms with Crippen molar-refractivity contribution in [3.8, 4) is 5.75 Å². The molecule has 2 saturated heterocycles. The molecule has 0 atom stereocenters. The van der Waals surface area contributed by atoms with Crippen molar-refractivity contribution < 1.29 is 34.6 Å². The summed E-state index contributed by atoms with van der Waals surface area (Å²) in [5, 5.41) is 35.8. The molecule has 0 radical (unpaired) electrons. The van der Waals surface area contributed by atoms with E-state index < -0.39 is 62.5 Å². The molecule has 2 heterocycles. The van der Waals surface area contributed by atoms with Crippen LogP contribution >= 0.6 is 0 Å². The third kappa shape index (κ3) is 8.00. The first-order valence-corrected chi connectivity index (χ1v) is 17.3. The molecule has 9 heteroatoms. The molecule has 0 spiro atoms. The van der Waals surface area contributed by atoms with Gasteiger partial charge in [-0.25, -0.2) is 0 Å². The number of nitrogens with zero attached hydrogens (tertiary/aromatic N) is 2. The van der Waals surface area contributed by atoms with Crippen LogP contribution in [0.5, 0.6) is 5.75 Å². The molecule has 268 valence electrons. The molecule has 3 rings (SSSR count). The Morgan fingerprint density at radius 2 is 1.00 bits per heavy atom. The number of phenolic OH excluding ortho intramolecular Hbond substituents is 1. The lowest BCUT2D eigenvalue weighted by molar-refractivity contribution is -0.263. The van der Waals surface area contributed by atoms with E-state index in [1.165, 1.54) is 10.1 Å². The number of ether oxygens (including phenoxy) is 2. The van der Waals surface area contributed by atoms with Crippen LogP contribution in [0.15, 0.2) is 12.1 Å². The van der Waals surface area contributed by atoms with E-state index in [4.69, 9.17) is 9.47 Å². The fraction of sp³-hybridized carbons (Fsp3) is 0.789. The first-order chi connectivity index (χ1) is 21.0. The zero-order chi connectivity index (χ0) is 36.3. The summed E-state index contributed by atoms with van der Waals surface area (Å²) in [6, 6.07) is 3.81. The van der Waals surface area contributed by atoms with Crippen LogP contribution in [-0.4, -0.2) is 71.9 Å². The van der Waals surface area contributed by atoms with Crippen LogP contribution in [0.3, 0.4) is 0 Å². The molecule has 0 aliphatic carbocycles. The van der Waals surface area contributed by atoms with E-state index in [2.05, 4.69) is 0 Å². The standard InChI is InChI=1S/C38H64N2O7/c1-16-38(30(42)46-25-20-34(8,9)39(44)35(10,11)21-25,31(43)47-26-22-36(12,13)40(45)37(14,15)23-26)19-24-17-27(32(2,3)4)29(41)28(18-24)33(5,6)7/h17-18,25-26,41,44-45H,16,19-23H2,1-15H3. The smallest absolute Gasteiger partial charge is 0.324 e. The Labute approximate surface area is 283 Å². The Kier molecular flexibility index (Phi) is 10.5. The molecule has 1 aromatic rings. The van der Waals surface area contributed by atoms with Gasteiger partial charge in [-0.15, -0.1) is 0 Å². The number of benzene rings is 1. The predicted molar refractivity (Wildman–Crippen MR) is 184 cm³/mol. The van der Waals surface area contributed by atoms with Crippen molar-refractivity contribution in [2.45, 2.75) is 188 Å². The summed E-state index contributed by atoms with van der Waals surface area (Å²) in [5.74, 6) is -1.07. The lowest BCUT2D eigenvalue weighted by Gasteiger charge is -2.51. The minimum Gasteiger partial charge on any atom is -0.507 e. The minimum absolute atomic E-state index is 0.0326. The number of hydrogen-bond acceptors (Lipinski definition) is 9. The minimum atomic E-state index is -1.67. The van der Waals surface area contributed by atoms with Gasteiger partial charge in [0.2, 0.25) is 0 Å². The summed E-state index contributed by atoms with van der Waals surface area (Å²) in [4.78, 5) is 29.2. The van der Waals surface area contributed by atoms with Gasteiger partial charge in [-0.3, -0.25) is 9.59 Å². The van der Waals surface area contributed by atoms with Crippen molar-refractivity contribution in [3.63, 3.8) is 0 Å². The number of carbonyl (C=O) groups is 2. The van der Waals surface area contributed by atoms with Gasteiger partial charge >= 0.3 is 11.9 Å². The summed E-state index contributed by atoms with van der Waals surface area (Å²) in [6.07, 6.45) is 0.696. The van der Waals surface area contributed by atoms with Crippen molar-refractivity contribution >= 4 is 11.9 Å². The maximum atomic E-state index is 14.6. The van der Waals surface area contributed by atoms with Crippen molar-refractivity contribution in [2.24, 2.45) is 5.41 Å². The number of phenols is 1. The van der Waals surface area contributed by atoms with Gasteiger partial charge in [0, 0.05) is 47.8 Å². The fourth-order valence-corrected chi connectivity index (χ4v) is 7.98. The third-order valence-corrected chi connectivity index (χ3v) is 10.4. The van der Waals surface area contributed by atoms with Crippen LogP contribution in [0.4, 0.5) is 0 Å². The van der Waals surface area contributed by atoms with Crippen molar-refractivity contribution in [3.05, 3.63) is 28.8 Å². The van der Waals surface area contributed by atoms with Crippen LogP contribution in [0, 0.1) is 5.41 Å². The first kappa shape index (κ1) is 39.2. The molecular weight excluding hydrogens is 596 g/mol. The summed E-state index contributed by atoms with van der Waals surface area (Å²) < 4.78 is 12.6. The Morgan fingerprint density at radius 1 is 0.702 bits per heavy atom. The van der Waals surface area contributed by atoms with E-state index in [0.29, 0.717) is 25.7 Å². The maximum absolute atomic E-state index is 14.6. The second-order valence-electron chi connectivity index (χ2n) is 18.9. The quantitative estimate of drug-likeness (QED) is 0.199. The normalized spacial score (nSPS) is 22.6. The summed E-state index contributed by atoms with van der Waals surface area (Å²) >= 11 is 0. The zero-order valence-electron chi connectivity index (χ0n) is 31.9. The molecule has 0 unspecified atom stereocenters. The Balaban J connectivity index is 2.14. The molecule has 2 aliphatic heterocycles. The molecule has 9 nitrogen and oxygen atoms in total.